The third-order valence-electron chi connectivity index (χ3n) is 5.44. The van der Waals surface area contributed by atoms with E-state index < -0.39 is 10.0 Å². The fraction of sp³-hybridized carbons (Fsp3) is 0.529. The van der Waals surface area contributed by atoms with Gasteiger partial charge >= 0.3 is 0 Å². The maximum absolute atomic E-state index is 12.8. The first-order valence-corrected chi connectivity index (χ1v) is 10.7. The number of nitrogens with zero attached hydrogens (tertiary/aromatic N) is 7. The number of hydrogen-bond donors (Lipinski definition) is 0. The number of hydrogen-bond acceptors (Lipinski definition) is 6. The second-order valence-corrected chi connectivity index (χ2v) is 9.33. The van der Waals surface area contributed by atoms with Crippen LogP contribution in [-0.4, -0.2) is 55.4 Å². The molecule has 1 aliphatic heterocycles. The molecule has 9 nitrogen and oxygen atoms in total. The molecule has 4 heterocycles. The number of fused-ring (bicyclic) bond motifs is 1. The minimum atomic E-state index is -3.49. The summed E-state index contributed by atoms with van der Waals surface area (Å²) in [6, 6.07) is 4.01. The molecule has 2 fully saturated rings. The molecule has 0 radical (unpaired) electrons. The predicted molar refractivity (Wildman–Crippen MR) is 96.7 cm³/mol. The van der Waals surface area contributed by atoms with E-state index in [1.165, 1.54) is 34.2 Å². The van der Waals surface area contributed by atoms with Gasteiger partial charge in [-0.1, -0.05) is 0 Å². The zero-order valence-electron chi connectivity index (χ0n) is 15.1. The molecule has 1 saturated heterocycles. The van der Waals surface area contributed by atoms with Crippen LogP contribution in [0.1, 0.15) is 49.0 Å². The lowest BCUT2D eigenvalue weighted by Gasteiger charge is -2.29. The van der Waals surface area contributed by atoms with Crippen LogP contribution in [0.3, 0.4) is 0 Å². The number of aryl methyl sites for hydroxylation is 1. The Morgan fingerprint density at radius 3 is 2.48 bits per heavy atom. The average Bonchev–Trinajstić information content (AvgIpc) is 3.29. The highest BCUT2D eigenvalue weighted by Gasteiger charge is 2.33. The fourth-order valence-electron chi connectivity index (χ4n) is 3.71. The maximum Gasteiger partial charge on any atom is 0.246 e. The molecule has 3 aromatic heterocycles. The minimum Gasteiger partial charge on any atom is -0.274 e. The molecule has 27 heavy (non-hydrogen) atoms. The van der Waals surface area contributed by atoms with E-state index >= 15 is 0 Å². The van der Waals surface area contributed by atoms with Gasteiger partial charge in [0.25, 0.3) is 0 Å². The lowest BCUT2D eigenvalue weighted by Crippen LogP contribution is -2.38. The first-order chi connectivity index (χ1) is 13.0. The van der Waals surface area contributed by atoms with Crippen LogP contribution in [0.25, 0.3) is 5.65 Å². The predicted octanol–water partition coefficient (Wildman–Crippen LogP) is 1.30. The zero-order chi connectivity index (χ0) is 18.6. The first-order valence-electron chi connectivity index (χ1n) is 9.23. The molecule has 0 spiro atoms. The van der Waals surface area contributed by atoms with E-state index in [9.17, 15) is 8.42 Å². The second kappa shape index (κ2) is 6.10. The van der Waals surface area contributed by atoms with Crippen LogP contribution >= 0.6 is 0 Å². The van der Waals surface area contributed by atoms with E-state index in [-0.39, 0.29) is 10.8 Å². The topological polar surface area (TPSA) is 98.3 Å². The number of aromatic nitrogens is 6. The lowest BCUT2D eigenvalue weighted by molar-refractivity contribution is 0.311. The Kier molecular flexibility index (Phi) is 3.80. The quantitative estimate of drug-likeness (QED) is 0.669. The summed E-state index contributed by atoms with van der Waals surface area (Å²) in [5.74, 6) is 1.56. The molecular weight excluding hydrogens is 366 g/mol. The largest absolute Gasteiger partial charge is 0.274 e. The smallest absolute Gasteiger partial charge is 0.246 e. The maximum atomic E-state index is 12.8. The molecule has 1 aliphatic carbocycles. The summed E-state index contributed by atoms with van der Waals surface area (Å²) in [5.41, 5.74) is 1.85. The van der Waals surface area contributed by atoms with E-state index in [1.54, 1.807) is 7.05 Å². The van der Waals surface area contributed by atoms with Gasteiger partial charge in [-0.3, -0.25) is 4.68 Å². The average molecular weight is 387 g/mol. The molecule has 10 heteroatoms. The van der Waals surface area contributed by atoms with Gasteiger partial charge in [0, 0.05) is 38.2 Å². The van der Waals surface area contributed by atoms with Gasteiger partial charge in [0.1, 0.15) is 4.90 Å². The SMILES string of the molecule is Cn1cc(S(=O)(=O)N2CCC(c3nnc4ccc(C5CC5)nn34)CC2)cn1. The normalized spacial score (nSPS) is 19.7. The monoisotopic (exact) mass is 387 g/mol. The number of piperidine rings is 1. The van der Waals surface area contributed by atoms with Crippen molar-refractivity contribution in [2.45, 2.75) is 42.4 Å². The van der Waals surface area contributed by atoms with Crippen LogP contribution in [-0.2, 0) is 17.1 Å². The van der Waals surface area contributed by atoms with E-state index in [1.807, 2.05) is 16.6 Å². The molecule has 0 N–H and O–H groups in total. The van der Waals surface area contributed by atoms with Crippen LogP contribution in [0.2, 0.25) is 0 Å². The minimum absolute atomic E-state index is 0.155. The summed E-state index contributed by atoms with van der Waals surface area (Å²) >= 11 is 0. The third-order valence-corrected chi connectivity index (χ3v) is 7.29. The Balaban J connectivity index is 1.36. The molecule has 0 bridgehead atoms. The molecule has 0 amide bonds. The van der Waals surface area contributed by atoms with Crippen molar-refractivity contribution in [3.8, 4) is 0 Å². The van der Waals surface area contributed by atoms with Gasteiger partial charge in [-0.2, -0.15) is 19.0 Å². The third kappa shape index (κ3) is 2.92. The van der Waals surface area contributed by atoms with Crippen LogP contribution in [0.5, 0.6) is 0 Å². The molecule has 3 aromatic rings. The van der Waals surface area contributed by atoms with Gasteiger partial charge in [-0.25, -0.2) is 8.42 Å². The highest BCUT2D eigenvalue weighted by molar-refractivity contribution is 7.89. The van der Waals surface area contributed by atoms with E-state index in [0.717, 1.165) is 17.2 Å². The molecule has 0 atom stereocenters. The zero-order valence-corrected chi connectivity index (χ0v) is 15.9. The molecule has 142 valence electrons. The molecular formula is C17H21N7O2S. The summed E-state index contributed by atoms with van der Waals surface area (Å²) < 4.78 is 30.4. The summed E-state index contributed by atoms with van der Waals surface area (Å²) in [5, 5.41) is 17.3. The van der Waals surface area contributed by atoms with Crippen molar-refractivity contribution >= 4 is 15.7 Å². The number of sulfonamides is 1. The standard InChI is InChI=1S/C17H21N7O2S/c1-22-11-14(10-18-22)27(25,26)23-8-6-13(7-9-23)17-20-19-16-5-4-15(12-2-3-12)21-24(16)17/h4-5,10-13H,2-3,6-9H2,1H3. The fourth-order valence-corrected chi connectivity index (χ4v) is 5.16. The van der Waals surface area contributed by atoms with Gasteiger partial charge < -0.3 is 0 Å². The van der Waals surface area contributed by atoms with Gasteiger partial charge in [-0.05, 0) is 37.8 Å². The van der Waals surface area contributed by atoms with Gasteiger partial charge in [0.2, 0.25) is 10.0 Å². The second-order valence-electron chi connectivity index (χ2n) is 7.39. The van der Waals surface area contributed by atoms with Crippen molar-refractivity contribution in [1.29, 1.82) is 0 Å². The lowest BCUT2D eigenvalue weighted by atomic mass is 9.97. The van der Waals surface area contributed by atoms with Gasteiger partial charge in [0.05, 0.1) is 11.9 Å². The molecule has 0 unspecified atom stereocenters. The Morgan fingerprint density at radius 1 is 1.04 bits per heavy atom. The summed E-state index contributed by atoms with van der Waals surface area (Å²) in [6.45, 7) is 0.915. The Morgan fingerprint density at radius 2 is 1.81 bits per heavy atom. The summed E-state index contributed by atoms with van der Waals surface area (Å²) in [4.78, 5) is 0.243. The van der Waals surface area contributed by atoms with Crippen LogP contribution in [0.4, 0.5) is 0 Å². The highest BCUT2D eigenvalue weighted by Crippen LogP contribution is 2.39. The highest BCUT2D eigenvalue weighted by atomic mass is 32.2. The Hall–Kier alpha value is -2.33. The van der Waals surface area contributed by atoms with Gasteiger partial charge in [0.15, 0.2) is 11.5 Å². The Bertz CT molecular complexity index is 1090. The van der Waals surface area contributed by atoms with Crippen LogP contribution in [0, 0.1) is 0 Å². The molecule has 0 aromatic carbocycles. The van der Waals surface area contributed by atoms with Crippen LogP contribution in [0.15, 0.2) is 29.4 Å². The van der Waals surface area contributed by atoms with E-state index in [0.29, 0.717) is 31.8 Å². The molecule has 1 saturated carbocycles. The van der Waals surface area contributed by atoms with Crippen molar-refractivity contribution < 1.29 is 8.42 Å². The van der Waals surface area contributed by atoms with E-state index in [2.05, 4.69) is 15.3 Å². The van der Waals surface area contributed by atoms with Crippen molar-refractivity contribution in [2.75, 3.05) is 13.1 Å². The van der Waals surface area contributed by atoms with Crippen molar-refractivity contribution in [1.82, 2.24) is 33.9 Å². The van der Waals surface area contributed by atoms with E-state index in [4.69, 9.17) is 5.10 Å². The van der Waals surface area contributed by atoms with Crippen molar-refractivity contribution in [3.05, 3.63) is 36.0 Å². The van der Waals surface area contributed by atoms with Crippen molar-refractivity contribution in [2.24, 2.45) is 7.05 Å². The molecule has 2 aliphatic rings. The summed E-state index contributed by atoms with van der Waals surface area (Å²) in [7, 11) is -1.78. The summed E-state index contributed by atoms with van der Waals surface area (Å²) in [6.07, 6.45) is 6.74. The van der Waals surface area contributed by atoms with Crippen molar-refractivity contribution in [3.63, 3.8) is 0 Å². The Labute approximate surface area is 157 Å². The van der Waals surface area contributed by atoms with Crippen LogP contribution < -0.4 is 0 Å². The first kappa shape index (κ1) is 16.8. The number of rotatable bonds is 4. The molecule has 5 rings (SSSR count). The van der Waals surface area contributed by atoms with Gasteiger partial charge in [-0.15, -0.1) is 10.2 Å².